The zero-order chi connectivity index (χ0) is 13.4. The van der Waals surface area contributed by atoms with Crippen LogP contribution in [0.15, 0.2) is 12.1 Å². The van der Waals surface area contributed by atoms with Gasteiger partial charge in [-0.25, -0.2) is 0 Å². The lowest BCUT2D eigenvalue weighted by Gasteiger charge is -2.29. The van der Waals surface area contributed by atoms with E-state index in [2.05, 4.69) is 6.07 Å². The SMILES string of the molecule is CN1C(=O)CCc2cc(C3CCCCC3)c(N)cc21. The van der Waals surface area contributed by atoms with Gasteiger partial charge in [-0.1, -0.05) is 25.3 Å². The molecule has 0 bridgehead atoms. The highest BCUT2D eigenvalue weighted by atomic mass is 16.2. The number of aryl methyl sites for hydroxylation is 1. The molecule has 0 atom stereocenters. The third-order valence-electron chi connectivity index (χ3n) is 4.67. The summed E-state index contributed by atoms with van der Waals surface area (Å²) in [4.78, 5) is 13.5. The Morgan fingerprint density at radius 2 is 1.89 bits per heavy atom. The van der Waals surface area contributed by atoms with Crippen molar-refractivity contribution in [3.63, 3.8) is 0 Å². The average Bonchev–Trinajstić information content (AvgIpc) is 2.44. The summed E-state index contributed by atoms with van der Waals surface area (Å²) in [6, 6.07) is 4.28. The fraction of sp³-hybridized carbons (Fsp3) is 0.562. The Morgan fingerprint density at radius 3 is 2.63 bits per heavy atom. The number of amides is 1. The summed E-state index contributed by atoms with van der Waals surface area (Å²) in [5.41, 5.74) is 10.7. The predicted molar refractivity (Wildman–Crippen MR) is 78.4 cm³/mol. The minimum atomic E-state index is 0.192. The molecule has 0 unspecified atom stereocenters. The highest BCUT2D eigenvalue weighted by Crippen LogP contribution is 2.39. The summed E-state index contributed by atoms with van der Waals surface area (Å²) < 4.78 is 0. The molecule has 102 valence electrons. The molecule has 1 aromatic carbocycles. The smallest absolute Gasteiger partial charge is 0.227 e. The van der Waals surface area contributed by atoms with Crippen LogP contribution < -0.4 is 10.6 Å². The van der Waals surface area contributed by atoms with Gasteiger partial charge in [0.25, 0.3) is 0 Å². The summed E-state index contributed by atoms with van der Waals surface area (Å²) in [6.45, 7) is 0. The van der Waals surface area contributed by atoms with Crippen molar-refractivity contribution in [2.24, 2.45) is 0 Å². The molecule has 1 heterocycles. The van der Waals surface area contributed by atoms with Crippen LogP contribution in [0, 0.1) is 0 Å². The Morgan fingerprint density at radius 1 is 1.16 bits per heavy atom. The van der Waals surface area contributed by atoms with Crippen LogP contribution in [-0.2, 0) is 11.2 Å². The van der Waals surface area contributed by atoms with Crippen molar-refractivity contribution in [2.75, 3.05) is 17.7 Å². The maximum atomic E-state index is 11.7. The molecule has 1 amide bonds. The summed E-state index contributed by atoms with van der Waals surface area (Å²) in [5.74, 6) is 0.819. The maximum Gasteiger partial charge on any atom is 0.227 e. The Labute approximate surface area is 114 Å². The minimum Gasteiger partial charge on any atom is -0.398 e. The first kappa shape index (κ1) is 12.5. The van der Waals surface area contributed by atoms with Gasteiger partial charge in [-0.2, -0.15) is 0 Å². The van der Waals surface area contributed by atoms with E-state index in [1.165, 1.54) is 43.2 Å². The Balaban J connectivity index is 1.97. The zero-order valence-corrected chi connectivity index (χ0v) is 11.6. The number of hydrogen-bond donors (Lipinski definition) is 1. The summed E-state index contributed by atoms with van der Waals surface area (Å²) in [7, 11) is 1.85. The Kier molecular flexibility index (Phi) is 3.21. The summed E-state index contributed by atoms with van der Waals surface area (Å²) >= 11 is 0. The van der Waals surface area contributed by atoms with E-state index >= 15 is 0 Å². The van der Waals surface area contributed by atoms with E-state index in [0.29, 0.717) is 12.3 Å². The predicted octanol–water partition coefficient (Wildman–Crippen LogP) is 3.23. The van der Waals surface area contributed by atoms with E-state index < -0.39 is 0 Å². The van der Waals surface area contributed by atoms with E-state index in [4.69, 9.17) is 5.73 Å². The second-order valence-corrected chi connectivity index (χ2v) is 5.90. The van der Waals surface area contributed by atoms with Crippen molar-refractivity contribution < 1.29 is 4.79 Å². The van der Waals surface area contributed by atoms with Crippen molar-refractivity contribution in [3.05, 3.63) is 23.3 Å². The highest BCUT2D eigenvalue weighted by molar-refractivity contribution is 5.96. The number of fused-ring (bicyclic) bond motifs is 1. The van der Waals surface area contributed by atoms with Crippen LogP contribution in [0.25, 0.3) is 0 Å². The van der Waals surface area contributed by atoms with Gasteiger partial charge in [0.15, 0.2) is 0 Å². The van der Waals surface area contributed by atoms with Crippen molar-refractivity contribution in [2.45, 2.75) is 50.9 Å². The van der Waals surface area contributed by atoms with Gasteiger partial charge in [-0.05, 0) is 42.4 Å². The number of anilines is 2. The molecule has 19 heavy (non-hydrogen) atoms. The van der Waals surface area contributed by atoms with E-state index in [9.17, 15) is 4.79 Å². The lowest BCUT2D eigenvalue weighted by Crippen LogP contribution is -2.31. The fourth-order valence-corrected chi connectivity index (χ4v) is 3.49. The van der Waals surface area contributed by atoms with E-state index in [1.807, 2.05) is 13.1 Å². The second kappa shape index (κ2) is 4.87. The maximum absolute atomic E-state index is 11.7. The van der Waals surface area contributed by atoms with E-state index in [1.54, 1.807) is 4.90 Å². The van der Waals surface area contributed by atoms with Crippen LogP contribution in [0.3, 0.4) is 0 Å². The van der Waals surface area contributed by atoms with E-state index in [-0.39, 0.29) is 5.91 Å². The number of hydrogen-bond acceptors (Lipinski definition) is 2. The van der Waals surface area contributed by atoms with Gasteiger partial charge >= 0.3 is 0 Å². The molecule has 1 aliphatic heterocycles. The molecule has 1 aliphatic carbocycles. The molecule has 0 aromatic heterocycles. The zero-order valence-electron chi connectivity index (χ0n) is 11.6. The van der Waals surface area contributed by atoms with Crippen LogP contribution in [-0.4, -0.2) is 13.0 Å². The Bertz CT molecular complexity index is 504. The molecule has 1 saturated carbocycles. The number of carbonyl (C=O) groups is 1. The molecular formula is C16H22N2O. The number of nitrogens with two attached hydrogens (primary N) is 1. The van der Waals surface area contributed by atoms with Gasteiger partial charge in [-0.15, -0.1) is 0 Å². The van der Waals surface area contributed by atoms with Crippen LogP contribution >= 0.6 is 0 Å². The molecule has 3 rings (SSSR count). The number of nitrogens with zero attached hydrogens (tertiary/aromatic N) is 1. The number of nitrogen functional groups attached to an aromatic ring is 1. The highest BCUT2D eigenvalue weighted by Gasteiger charge is 2.24. The van der Waals surface area contributed by atoms with Crippen LogP contribution in [0.4, 0.5) is 11.4 Å². The van der Waals surface area contributed by atoms with Crippen molar-refractivity contribution in [3.8, 4) is 0 Å². The summed E-state index contributed by atoms with van der Waals surface area (Å²) in [6.07, 6.45) is 8.00. The van der Waals surface area contributed by atoms with Gasteiger partial charge < -0.3 is 10.6 Å². The largest absolute Gasteiger partial charge is 0.398 e. The minimum absolute atomic E-state index is 0.192. The monoisotopic (exact) mass is 258 g/mol. The molecule has 2 N–H and O–H groups in total. The quantitative estimate of drug-likeness (QED) is 0.786. The molecule has 0 saturated heterocycles. The number of rotatable bonds is 1. The van der Waals surface area contributed by atoms with Gasteiger partial charge in [-0.3, -0.25) is 4.79 Å². The van der Waals surface area contributed by atoms with Gasteiger partial charge in [0, 0.05) is 24.8 Å². The normalized spacial score (nSPS) is 20.5. The number of benzene rings is 1. The molecule has 0 spiro atoms. The molecule has 0 radical (unpaired) electrons. The third-order valence-corrected chi connectivity index (χ3v) is 4.67. The lowest BCUT2D eigenvalue weighted by atomic mass is 9.82. The third kappa shape index (κ3) is 2.22. The van der Waals surface area contributed by atoms with Gasteiger partial charge in [0.05, 0.1) is 0 Å². The van der Waals surface area contributed by atoms with Gasteiger partial charge in [0.2, 0.25) is 5.91 Å². The second-order valence-electron chi connectivity index (χ2n) is 5.90. The molecule has 3 heteroatoms. The van der Waals surface area contributed by atoms with Crippen LogP contribution in [0.2, 0.25) is 0 Å². The van der Waals surface area contributed by atoms with Crippen molar-refractivity contribution in [1.82, 2.24) is 0 Å². The van der Waals surface area contributed by atoms with Crippen LogP contribution in [0.1, 0.15) is 55.6 Å². The summed E-state index contributed by atoms with van der Waals surface area (Å²) in [5, 5.41) is 0. The molecule has 1 fully saturated rings. The fourth-order valence-electron chi connectivity index (χ4n) is 3.49. The lowest BCUT2D eigenvalue weighted by molar-refractivity contribution is -0.118. The molecule has 3 nitrogen and oxygen atoms in total. The molecule has 2 aliphatic rings. The van der Waals surface area contributed by atoms with Crippen molar-refractivity contribution >= 4 is 17.3 Å². The first-order valence-electron chi connectivity index (χ1n) is 7.35. The first-order chi connectivity index (χ1) is 9.16. The van der Waals surface area contributed by atoms with E-state index in [0.717, 1.165) is 17.8 Å². The molecular weight excluding hydrogens is 236 g/mol. The molecule has 1 aromatic rings. The standard InChI is InChI=1S/C16H22N2O/c1-18-15-10-14(17)13(11-5-3-2-4-6-11)9-12(15)7-8-16(18)19/h9-11H,2-8,17H2,1H3. The van der Waals surface area contributed by atoms with Crippen LogP contribution in [0.5, 0.6) is 0 Å². The first-order valence-corrected chi connectivity index (χ1v) is 7.35. The Hall–Kier alpha value is -1.51. The topological polar surface area (TPSA) is 46.3 Å². The average molecular weight is 258 g/mol. The number of carbonyl (C=O) groups excluding carboxylic acids is 1. The van der Waals surface area contributed by atoms with Gasteiger partial charge in [0.1, 0.15) is 0 Å². The van der Waals surface area contributed by atoms with Crippen molar-refractivity contribution in [1.29, 1.82) is 0 Å².